The molecule has 4 rings (SSSR count). The van der Waals surface area contributed by atoms with Crippen LogP contribution in [0.15, 0.2) is 42.5 Å². The molecule has 0 bridgehead atoms. The van der Waals surface area contributed by atoms with E-state index >= 15 is 0 Å². The maximum absolute atomic E-state index is 12.8. The Morgan fingerprint density at radius 1 is 0.921 bits per heavy atom. The first kappa shape index (κ1) is 29.5. The van der Waals surface area contributed by atoms with Crippen LogP contribution in [0.5, 0.6) is 5.75 Å². The Balaban J connectivity index is 0.000000427. The lowest BCUT2D eigenvalue weighted by Crippen LogP contribution is -2.50. The van der Waals surface area contributed by atoms with Crippen molar-refractivity contribution in [3.8, 4) is 5.75 Å². The Labute approximate surface area is 230 Å². The topological polar surface area (TPSA) is 99.8 Å². The van der Waals surface area contributed by atoms with Gasteiger partial charge in [0.05, 0.1) is 19.1 Å². The van der Waals surface area contributed by atoms with Crippen LogP contribution in [0.2, 0.25) is 5.02 Å². The van der Waals surface area contributed by atoms with E-state index in [1.54, 1.807) is 13.1 Å². The highest BCUT2D eigenvalue weighted by molar-refractivity contribution is 6.30. The van der Waals surface area contributed by atoms with Crippen LogP contribution in [0.1, 0.15) is 36.0 Å². The summed E-state index contributed by atoms with van der Waals surface area (Å²) in [7, 11) is 1.60. The molecule has 8 nitrogen and oxygen atoms in total. The highest BCUT2D eigenvalue weighted by Gasteiger charge is 2.37. The van der Waals surface area contributed by atoms with Crippen molar-refractivity contribution in [1.29, 1.82) is 0 Å². The summed E-state index contributed by atoms with van der Waals surface area (Å²) in [6.45, 7) is 5.39. The molecule has 0 saturated heterocycles. The van der Waals surface area contributed by atoms with E-state index in [1.807, 2.05) is 12.1 Å². The number of likely N-dealkylation sites (N-methyl/N-ethyl adjacent to an activating group) is 1. The minimum absolute atomic E-state index is 0.0839. The summed E-state index contributed by atoms with van der Waals surface area (Å²) in [5.74, 6) is 0.257. The molecule has 0 aromatic heterocycles. The van der Waals surface area contributed by atoms with Gasteiger partial charge in [-0.15, -0.1) is 0 Å². The molecule has 1 saturated carbocycles. The minimum atomic E-state index is -0.356. The molecule has 0 spiro atoms. The fourth-order valence-electron chi connectivity index (χ4n) is 4.10. The molecule has 1 atom stereocenters. The molecule has 0 radical (unpaired) electrons. The number of rotatable bonds is 1. The van der Waals surface area contributed by atoms with Gasteiger partial charge in [-0.2, -0.15) is 0 Å². The van der Waals surface area contributed by atoms with Crippen molar-refractivity contribution in [2.75, 3.05) is 39.8 Å². The molecule has 1 heterocycles. The first-order chi connectivity index (χ1) is 18.2. The predicted octanol–water partition coefficient (Wildman–Crippen LogP) is 3.03. The van der Waals surface area contributed by atoms with E-state index in [-0.39, 0.29) is 42.8 Å². The molecule has 3 amide bonds. The van der Waals surface area contributed by atoms with Gasteiger partial charge < -0.3 is 25.6 Å². The zero-order valence-corrected chi connectivity index (χ0v) is 23.3. The van der Waals surface area contributed by atoms with Crippen LogP contribution < -0.4 is 20.7 Å². The standard InChI is InChI=1S/C21H29ClN4O4.C8H10/c1-26-13-19(28)25-12-18(27)23-8-2-3-14-6-7-16(22)11-17(14)30-10-9-24-20(21(26)29)15-4-5-15;1-7-3-5-8(2)6-4-7/h6-7,11,15,20,24H,2-5,8-10,12-13H2,1H3,(H,23,27)(H,25,28);3-6H,1-2H3. The maximum Gasteiger partial charge on any atom is 0.240 e. The largest absolute Gasteiger partial charge is 0.492 e. The summed E-state index contributed by atoms with van der Waals surface area (Å²) in [5.41, 5.74) is 3.67. The Morgan fingerprint density at radius 3 is 2.26 bits per heavy atom. The van der Waals surface area contributed by atoms with E-state index in [0.717, 1.165) is 37.0 Å². The van der Waals surface area contributed by atoms with Crippen LogP contribution >= 0.6 is 11.6 Å². The number of halogens is 1. The second-order valence-corrected chi connectivity index (χ2v) is 10.4. The van der Waals surface area contributed by atoms with Crippen molar-refractivity contribution in [1.82, 2.24) is 20.9 Å². The molecule has 206 valence electrons. The van der Waals surface area contributed by atoms with E-state index in [4.69, 9.17) is 16.3 Å². The molecule has 2 aliphatic rings. The number of fused-ring (bicyclic) bond motifs is 1. The van der Waals surface area contributed by atoms with Crippen LogP contribution in [0, 0.1) is 19.8 Å². The molecule has 1 unspecified atom stereocenters. The quantitative estimate of drug-likeness (QED) is 0.514. The average molecular weight is 543 g/mol. The molecule has 3 N–H and O–H groups in total. The third-order valence-corrected chi connectivity index (χ3v) is 6.71. The number of benzene rings is 2. The summed E-state index contributed by atoms with van der Waals surface area (Å²) in [4.78, 5) is 38.3. The zero-order chi connectivity index (χ0) is 27.5. The highest BCUT2D eigenvalue weighted by atomic mass is 35.5. The smallest absolute Gasteiger partial charge is 0.240 e. The van der Waals surface area contributed by atoms with Crippen LogP contribution in [0.4, 0.5) is 0 Å². The fourth-order valence-corrected chi connectivity index (χ4v) is 4.26. The summed E-state index contributed by atoms with van der Waals surface area (Å²) in [6.07, 6.45) is 3.43. The van der Waals surface area contributed by atoms with Gasteiger partial charge in [0.15, 0.2) is 0 Å². The number of hydrogen-bond acceptors (Lipinski definition) is 5. The Morgan fingerprint density at radius 2 is 1.61 bits per heavy atom. The predicted molar refractivity (Wildman–Crippen MR) is 149 cm³/mol. The minimum Gasteiger partial charge on any atom is -0.492 e. The van der Waals surface area contributed by atoms with Crippen molar-refractivity contribution >= 4 is 29.3 Å². The van der Waals surface area contributed by atoms with E-state index in [2.05, 4.69) is 54.1 Å². The van der Waals surface area contributed by atoms with Gasteiger partial charge in [0.25, 0.3) is 0 Å². The van der Waals surface area contributed by atoms with Crippen LogP contribution in [0.25, 0.3) is 0 Å². The van der Waals surface area contributed by atoms with Gasteiger partial charge in [-0.1, -0.05) is 53.1 Å². The maximum atomic E-state index is 12.8. The SMILES string of the molecule is CN1CC(=O)NCC(=O)NCCCc2ccc(Cl)cc2OCCNC(C2CC2)C1=O.Cc1ccc(C)cc1. The number of aryl methyl sites for hydroxylation is 3. The molecular weight excluding hydrogens is 504 g/mol. The number of nitrogens with one attached hydrogen (secondary N) is 3. The van der Waals surface area contributed by atoms with Crippen molar-refractivity contribution in [2.24, 2.45) is 5.92 Å². The van der Waals surface area contributed by atoms with Crippen LogP contribution in [0.3, 0.4) is 0 Å². The molecule has 2 aromatic carbocycles. The van der Waals surface area contributed by atoms with Gasteiger partial charge in [-0.3, -0.25) is 14.4 Å². The van der Waals surface area contributed by atoms with Crippen molar-refractivity contribution in [3.05, 3.63) is 64.2 Å². The van der Waals surface area contributed by atoms with Gasteiger partial charge in [0.1, 0.15) is 12.4 Å². The van der Waals surface area contributed by atoms with Gasteiger partial charge in [0, 0.05) is 25.2 Å². The third-order valence-electron chi connectivity index (χ3n) is 6.48. The summed E-state index contributed by atoms with van der Waals surface area (Å²) in [6, 6.07) is 13.7. The lowest BCUT2D eigenvalue weighted by atomic mass is 10.1. The van der Waals surface area contributed by atoms with Gasteiger partial charge >= 0.3 is 0 Å². The van der Waals surface area contributed by atoms with Gasteiger partial charge in [-0.05, 0) is 63.1 Å². The number of ether oxygens (including phenoxy) is 1. The van der Waals surface area contributed by atoms with E-state index in [0.29, 0.717) is 24.7 Å². The second-order valence-electron chi connectivity index (χ2n) is 9.95. The summed E-state index contributed by atoms with van der Waals surface area (Å²) in [5, 5.41) is 9.24. The summed E-state index contributed by atoms with van der Waals surface area (Å²) >= 11 is 6.12. The molecular formula is C29H39ClN4O4. The summed E-state index contributed by atoms with van der Waals surface area (Å²) < 4.78 is 5.94. The number of amides is 3. The fraction of sp³-hybridized carbons (Fsp3) is 0.483. The lowest BCUT2D eigenvalue weighted by molar-refractivity contribution is -0.137. The van der Waals surface area contributed by atoms with Crippen LogP contribution in [-0.4, -0.2) is 68.5 Å². The van der Waals surface area contributed by atoms with Crippen LogP contribution in [-0.2, 0) is 20.8 Å². The number of nitrogens with zero attached hydrogens (tertiary/aromatic N) is 1. The highest BCUT2D eigenvalue weighted by Crippen LogP contribution is 2.33. The number of carbonyl (C=O) groups is 3. The second kappa shape index (κ2) is 14.7. The van der Waals surface area contributed by atoms with E-state index in [9.17, 15) is 14.4 Å². The Hall–Kier alpha value is -3.10. The molecule has 1 aliphatic heterocycles. The third kappa shape index (κ3) is 9.99. The lowest BCUT2D eigenvalue weighted by Gasteiger charge is -2.24. The van der Waals surface area contributed by atoms with Gasteiger partial charge in [-0.25, -0.2) is 0 Å². The molecule has 1 fully saturated rings. The van der Waals surface area contributed by atoms with E-state index < -0.39 is 0 Å². The molecule has 9 heteroatoms. The average Bonchev–Trinajstić information content (AvgIpc) is 3.73. The molecule has 38 heavy (non-hydrogen) atoms. The van der Waals surface area contributed by atoms with Crippen molar-refractivity contribution in [3.63, 3.8) is 0 Å². The van der Waals surface area contributed by atoms with E-state index in [1.165, 1.54) is 16.0 Å². The van der Waals surface area contributed by atoms with Gasteiger partial charge in [0.2, 0.25) is 17.7 Å². The Kier molecular flexibility index (Phi) is 11.4. The first-order valence-corrected chi connectivity index (χ1v) is 13.6. The first-order valence-electron chi connectivity index (χ1n) is 13.2. The zero-order valence-electron chi connectivity index (χ0n) is 22.5. The number of hydrogen-bond donors (Lipinski definition) is 3. The molecule has 2 aromatic rings. The normalized spacial score (nSPS) is 19.9. The van der Waals surface area contributed by atoms with Crippen molar-refractivity contribution in [2.45, 2.75) is 45.6 Å². The monoisotopic (exact) mass is 542 g/mol. The molecule has 1 aliphatic carbocycles. The van der Waals surface area contributed by atoms with Crippen molar-refractivity contribution < 1.29 is 19.1 Å². The Bertz CT molecular complexity index is 1070. The number of carbonyl (C=O) groups excluding carboxylic acids is 3.